The number of aromatic nitrogens is 3. The van der Waals surface area contributed by atoms with Gasteiger partial charge in [0, 0.05) is 25.6 Å². The lowest BCUT2D eigenvalue weighted by Crippen LogP contribution is -2.22. The van der Waals surface area contributed by atoms with Gasteiger partial charge in [-0.3, -0.25) is 0 Å². The van der Waals surface area contributed by atoms with Gasteiger partial charge in [0.2, 0.25) is 0 Å². The Hall–Kier alpha value is -1.57. The van der Waals surface area contributed by atoms with E-state index in [4.69, 9.17) is 4.74 Å². The Morgan fingerprint density at radius 1 is 1.24 bits per heavy atom. The van der Waals surface area contributed by atoms with Crippen LogP contribution < -0.4 is 0 Å². The molecule has 4 nitrogen and oxygen atoms in total. The summed E-state index contributed by atoms with van der Waals surface area (Å²) in [5.41, 5.74) is 1.96. The fourth-order valence-electron chi connectivity index (χ4n) is 2.55. The first-order valence-electron chi connectivity index (χ1n) is 8.20. The molecule has 1 aromatic carbocycles. The van der Waals surface area contributed by atoms with E-state index in [1.54, 1.807) is 10.7 Å². The van der Waals surface area contributed by atoms with E-state index in [0.29, 0.717) is 29.2 Å². The fraction of sp³-hybridized carbons (Fsp3) is 0.333. The van der Waals surface area contributed by atoms with Crippen molar-refractivity contribution in [3.8, 4) is 11.3 Å². The predicted octanol–water partition coefficient (Wildman–Crippen LogP) is 5.31. The van der Waals surface area contributed by atoms with Crippen LogP contribution in [-0.2, 0) is 11.5 Å². The monoisotopic (exact) mass is 421 g/mol. The Labute approximate surface area is 156 Å². The van der Waals surface area contributed by atoms with E-state index in [1.807, 2.05) is 24.3 Å². The lowest BCUT2D eigenvalue weighted by Gasteiger charge is -2.15. The molecule has 0 atom stereocenters. The third-order valence-corrected chi connectivity index (χ3v) is 6.08. The summed E-state index contributed by atoms with van der Waals surface area (Å²) in [6, 6.07) is 10.6. The first-order valence-corrected chi connectivity index (χ1v) is 12.7. The normalized spacial score (nSPS) is 12.0. The quantitative estimate of drug-likeness (QED) is 0.307. The molecule has 0 fully saturated rings. The average Bonchev–Trinajstić information content (AvgIpc) is 2.92. The van der Waals surface area contributed by atoms with Gasteiger partial charge in [-0.15, -0.1) is 0 Å². The first kappa shape index (κ1) is 18.2. The summed E-state index contributed by atoms with van der Waals surface area (Å²) < 4.78 is 22.5. The summed E-state index contributed by atoms with van der Waals surface area (Å²) >= 11 is 3.30. The second-order valence-corrected chi connectivity index (χ2v) is 13.6. The smallest absolute Gasteiger partial charge is 0.151 e. The molecule has 0 aliphatic carbocycles. The molecule has 0 spiro atoms. The van der Waals surface area contributed by atoms with Crippen LogP contribution in [0.3, 0.4) is 0 Å². The molecule has 132 valence electrons. The number of ether oxygens (including phenoxy) is 1. The standard InChI is InChI=1S/C18H21BrFN3OSi/c1-25(2,3)9-8-24-12-23-16-7-5-4-6-13(16)18(22-23)14-10-17(19)21-11-15(14)20/h4-7,10-11H,8-9,12H2,1-3H3. The van der Waals surface area contributed by atoms with Crippen LogP contribution in [-0.4, -0.2) is 29.4 Å². The number of fused-ring (bicyclic) bond motifs is 1. The minimum Gasteiger partial charge on any atom is -0.360 e. The number of hydrogen-bond donors (Lipinski definition) is 0. The molecule has 25 heavy (non-hydrogen) atoms. The van der Waals surface area contributed by atoms with Gasteiger partial charge in [0.15, 0.2) is 5.82 Å². The molecule has 0 aliphatic heterocycles. The molecule has 0 saturated heterocycles. The molecular weight excluding hydrogens is 401 g/mol. The van der Waals surface area contributed by atoms with E-state index in [1.165, 1.54) is 6.20 Å². The molecule has 2 aromatic heterocycles. The highest BCUT2D eigenvalue weighted by Crippen LogP contribution is 2.30. The molecule has 3 aromatic rings. The molecule has 0 amide bonds. The van der Waals surface area contributed by atoms with Gasteiger partial charge in [-0.05, 0) is 34.1 Å². The molecular formula is C18H21BrFN3OSi. The van der Waals surface area contributed by atoms with E-state index >= 15 is 0 Å². The van der Waals surface area contributed by atoms with Crippen LogP contribution in [0.2, 0.25) is 25.7 Å². The Kier molecular flexibility index (Phi) is 5.36. The van der Waals surface area contributed by atoms with Gasteiger partial charge in [0.1, 0.15) is 17.0 Å². The average molecular weight is 422 g/mol. The van der Waals surface area contributed by atoms with Crippen molar-refractivity contribution in [1.82, 2.24) is 14.8 Å². The SMILES string of the molecule is C[Si](C)(C)CCOCn1nc(-c2cc(Br)ncc2F)c2ccccc21. The van der Waals surface area contributed by atoms with Crippen molar-refractivity contribution < 1.29 is 9.13 Å². The molecule has 0 N–H and O–H groups in total. The highest BCUT2D eigenvalue weighted by atomic mass is 79.9. The maximum atomic E-state index is 14.3. The van der Waals surface area contributed by atoms with Crippen molar-refractivity contribution in [2.24, 2.45) is 0 Å². The third-order valence-electron chi connectivity index (χ3n) is 3.95. The zero-order valence-corrected chi connectivity index (χ0v) is 17.2. The van der Waals surface area contributed by atoms with Crippen molar-refractivity contribution >= 4 is 34.9 Å². The van der Waals surface area contributed by atoms with E-state index in [0.717, 1.165) is 16.9 Å². The van der Waals surface area contributed by atoms with Gasteiger partial charge in [0.25, 0.3) is 0 Å². The summed E-state index contributed by atoms with van der Waals surface area (Å²) in [5.74, 6) is -0.391. The van der Waals surface area contributed by atoms with E-state index in [-0.39, 0.29) is 0 Å². The molecule has 0 saturated carbocycles. The van der Waals surface area contributed by atoms with Crippen molar-refractivity contribution in [3.63, 3.8) is 0 Å². The summed E-state index contributed by atoms with van der Waals surface area (Å²) in [6.07, 6.45) is 1.21. The van der Waals surface area contributed by atoms with E-state index in [9.17, 15) is 4.39 Å². The van der Waals surface area contributed by atoms with Crippen molar-refractivity contribution in [1.29, 1.82) is 0 Å². The number of pyridine rings is 1. The number of benzene rings is 1. The van der Waals surface area contributed by atoms with Crippen LogP contribution in [0.1, 0.15) is 0 Å². The topological polar surface area (TPSA) is 39.9 Å². The molecule has 0 radical (unpaired) electrons. The lowest BCUT2D eigenvalue weighted by atomic mass is 10.1. The summed E-state index contributed by atoms with van der Waals surface area (Å²) in [5, 5.41) is 5.51. The largest absolute Gasteiger partial charge is 0.360 e. The number of para-hydroxylation sites is 1. The Morgan fingerprint density at radius 2 is 2.00 bits per heavy atom. The number of rotatable bonds is 6. The maximum Gasteiger partial charge on any atom is 0.151 e. The van der Waals surface area contributed by atoms with Gasteiger partial charge < -0.3 is 4.74 Å². The third kappa shape index (κ3) is 4.34. The van der Waals surface area contributed by atoms with Crippen molar-refractivity contribution in [3.05, 3.63) is 46.9 Å². The van der Waals surface area contributed by atoms with E-state index in [2.05, 4.69) is 45.7 Å². The van der Waals surface area contributed by atoms with Gasteiger partial charge in [-0.25, -0.2) is 14.1 Å². The lowest BCUT2D eigenvalue weighted by molar-refractivity contribution is 0.0818. The minimum absolute atomic E-state index is 0.360. The first-order chi connectivity index (χ1) is 11.8. The zero-order chi connectivity index (χ0) is 18.0. The highest BCUT2D eigenvalue weighted by Gasteiger charge is 2.17. The van der Waals surface area contributed by atoms with Crippen LogP contribution in [0.15, 0.2) is 41.1 Å². The number of nitrogens with zero attached hydrogens (tertiary/aromatic N) is 3. The second kappa shape index (κ2) is 7.35. The maximum absolute atomic E-state index is 14.3. The predicted molar refractivity (Wildman–Crippen MR) is 105 cm³/mol. The number of halogens is 2. The minimum atomic E-state index is -1.13. The molecule has 2 heterocycles. The van der Waals surface area contributed by atoms with Crippen molar-refractivity contribution in [2.45, 2.75) is 32.4 Å². The summed E-state index contributed by atoms with van der Waals surface area (Å²) in [7, 11) is -1.13. The zero-order valence-electron chi connectivity index (χ0n) is 14.6. The van der Waals surface area contributed by atoms with E-state index < -0.39 is 13.9 Å². The Balaban J connectivity index is 1.92. The van der Waals surface area contributed by atoms with Crippen LogP contribution in [0.25, 0.3) is 22.2 Å². The van der Waals surface area contributed by atoms with Crippen LogP contribution >= 0.6 is 15.9 Å². The van der Waals surface area contributed by atoms with Crippen LogP contribution in [0.5, 0.6) is 0 Å². The Bertz CT molecular complexity index is 892. The van der Waals surface area contributed by atoms with Gasteiger partial charge in [-0.2, -0.15) is 5.10 Å². The molecule has 0 bridgehead atoms. The summed E-state index contributed by atoms with van der Waals surface area (Å²) in [4.78, 5) is 3.92. The molecule has 0 aliphatic rings. The highest BCUT2D eigenvalue weighted by molar-refractivity contribution is 9.10. The van der Waals surface area contributed by atoms with Crippen molar-refractivity contribution in [2.75, 3.05) is 6.61 Å². The summed E-state index contributed by atoms with van der Waals surface area (Å²) in [6.45, 7) is 8.04. The second-order valence-electron chi connectivity index (χ2n) is 7.20. The van der Waals surface area contributed by atoms with Crippen LogP contribution in [0.4, 0.5) is 4.39 Å². The van der Waals surface area contributed by atoms with Crippen LogP contribution in [0, 0.1) is 5.82 Å². The van der Waals surface area contributed by atoms with Gasteiger partial charge in [0.05, 0.1) is 11.7 Å². The molecule has 7 heteroatoms. The fourth-order valence-corrected chi connectivity index (χ4v) is 3.64. The van der Waals surface area contributed by atoms with Gasteiger partial charge >= 0.3 is 0 Å². The molecule has 0 unspecified atom stereocenters. The molecule has 3 rings (SSSR count). The number of hydrogen-bond acceptors (Lipinski definition) is 3. The Morgan fingerprint density at radius 3 is 2.76 bits per heavy atom. The van der Waals surface area contributed by atoms with Gasteiger partial charge in [-0.1, -0.05) is 37.8 Å².